The molecule has 2 aliphatic rings. The lowest BCUT2D eigenvalue weighted by Gasteiger charge is -2.36. The lowest BCUT2D eigenvalue weighted by atomic mass is 9.89. The Labute approximate surface area is 281 Å². The van der Waals surface area contributed by atoms with Gasteiger partial charge >= 0.3 is 6.03 Å². The van der Waals surface area contributed by atoms with Gasteiger partial charge in [-0.3, -0.25) is 4.79 Å². The van der Waals surface area contributed by atoms with Crippen molar-refractivity contribution in [3.63, 3.8) is 0 Å². The zero-order chi connectivity index (χ0) is 33.8. The molecule has 0 aromatic heterocycles. The molecule has 1 fully saturated rings. The second-order valence-corrected chi connectivity index (χ2v) is 13.5. The Hall–Kier alpha value is -3.34. The summed E-state index contributed by atoms with van der Waals surface area (Å²) < 4.78 is 18.1. The second kappa shape index (κ2) is 18.3. The Bertz CT molecular complexity index is 1270. The van der Waals surface area contributed by atoms with Crippen LogP contribution >= 0.6 is 0 Å². The minimum atomic E-state index is -0.440. The highest BCUT2D eigenvalue weighted by Crippen LogP contribution is 2.29. The molecular formula is C37H56N4O6. The predicted molar refractivity (Wildman–Crippen MR) is 187 cm³/mol. The lowest BCUT2D eigenvalue weighted by molar-refractivity contribution is -0.0190. The number of urea groups is 1. The van der Waals surface area contributed by atoms with Crippen LogP contribution in [0.4, 0.5) is 16.2 Å². The van der Waals surface area contributed by atoms with Gasteiger partial charge in [0.05, 0.1) is 37.5 Å². The summed E-state index contributed by atoms with van der Waals surface area (Å²) in [5.74, 6) is 1.64. The number of aliphatic hydroxyl groups is 1. The topological polar surface area (TPSA) is 113 Å². The molecule has 3 amide bonds. The van der Waals surface area contributed by atoms with E-state index in [1.165, 1.54) is 32.1 Å². The Morgan fingerprint density at radius 1 is 1.00 bits per heavy atom. The molecule has 1 aliphatic carbocycles. The van der Waals surface area contributed by atoms with E-state index in [0.717, 1.165) is 38.3 Å². The highest BCUT2D eigenvalue weighted by molar-refractivity contribution is 6.02. The van der Waals surface area contributed by atoms with E-state index in [4.69, 9.17) is 14.2 Å². The van der Waals surface area contributed by atoms with E-state index >= 15 is 0 Å². The number of ether oxygens (including phenoxy) is 3. The number of aliphatic hydroxyl groups excluding tert-OH is 1. The molecule has 0 unspecified atom stereocenters. The molecule has 47 heavy (non-hydrogen) atoms. The highest BCUT2D eigenvalue weighted by Gasteiger charge is 2.31. The summed E-state index contributed by atoms with van der Waals surface area (Å²) in [7, 11) is 3.77. The zero-order valence-corrected chi connectivity index (χ0v) is 29.0. The minimum Gasteiger partial charge on any atom is -0.497 e. The quantitative estimate of drug-likeness (QED) is 0.278. The maximum Gasteiger partial charge on any atom is 0.323 e. The van der Waals surface area contributed by atoms with E-state index in [0.29, 0.717) is 41.6 Å². The summed E-state index contributed by atoms with van der Waals surface area (Å²) in [6, 6.07) is 11.3. The number of nitrogens with one attached hydrogen (secondary N) is 2. The van der Waals surface area contributed by atoms with Crippen LogP contribution in [-0.4, -0.2) is 92.1 Å². The number of hydrogen-bond acceptors (Lipinski definition) is 7. The van der Waals surface area contributed by atoms with Crippen LogP contribution in [0.1, 0.15) is 82.5 Å². The average molecular weight is 653 g/mol. The molecule has 10 nitrogen and oxygen atoms in total. The van der Waals surface area contributed by atoms with Crippen LogP contribution in [0.5, 0.6) is 11.5 Å². The summed E-state index contributed by atoms with van der Waals surface area (Å²) >= 11 is 0. The number of methoxy groups -OCH3 is 1. The molecule has 0 bridgehead atoms. The molecule has 0 saturated heterocycles. The molecular weight excluding hydrogens is 596 g/mol. The Morgan fingerprint density at radius 2 is 1.68 bits per heavy atom. The van der Waals surface area contributed by atoms with Crippen LogP contribution in [0.2, 0.25) is 0 Å². The Kier molecular flexibility index (Phi) is 14.2. The number of carbonyl (C=O) groups is 2. The van der Waals surface area contributed by atoms with Crippen LogP contribution in [0.15, 0.2) is 42.5 Å². The summed E-state index contributed by atoms with van der Waals surface area (Å²) in [5, 5.41) is 15.9. The van der Waals surface area contributed by atoms with E-state index < -0.39 is 12.1 Å². The largest absolute Gasteiger partial charge is 0.497 e. The minimum absolute atomic E-state index is 0.0181. The van der Waals surface area contributed by atoms with E-state index in [9.17, 15) is 14.7 Å². The standard InChI is InChI=1S/C37H56N4O6/c1-26-22-41(27(2)25-42)36(43)33-21-31(39-37(44)38-30-14-17-32(45-5)18-15-30)16-19-34(33)47-28(3)11-9-10-20-46-35(26)24-40(4)23-29-12-7-6-8-13-29/h14-19,21,26-29,35,42H,6-13,20,22-25H2,1-5H3,(H2,38,39,44)/t26-,27+,28+,35-/m1/s1. The monoisotopic (exact) mass is 652 g/mol. The number of benzene rings is 2. The third kappa shape index (κ3) is 11.1. The van der Waals surface area contributed by atoms with Gasteiger partial charge in [0, 0.05) is 43.5 Å². The number of fused-ring (bicyclic) bond motifs is 1. The molecule has 1 saturated carbocycles. The first kappa shape index (κ1) is 36.5. The van der Waals surface area contributed by atoms with Gasteiger partial charge in [-0.05, 0) is 101 Å². The molecule has 4 atom stereocenters. The molecule has 0 spiro atoms. The number of hydrogen-bond donors (Lipinski definition) is 3. The second-order valence-electron chi connectivity index (χ2n) is 13.5. The van der Waals surface area contributed by atoms with Crippen LogP contribution in [0.25, 0.3) is 0 Å². The normalized spacial score (nSPS) is 22.5. The maximum absolute atomic E-state index is 14.4. The number of carbonyl (C=O) groups excluding carboxylic acids is 2. The summed E-state index contributed by atoms with van der Waals surface area (Å²) in [6.45, 7) is 8.74. The number of anilines is 2. The lowest BCUT2D eigenvalue weighted by Crippen LogP contribution is -2.47. The van der Waals surface area contributed by atoms with Crippen molar-refractivity contribution in [1.29, 1.82) is 0 Å². The first-order valence-corrected chi connectivity index (χ1v) is 17.4. The van der Waals surface area contributed by atoms with Gasteiger partial charge in [0.15, 0.2) is 0 Å². The number of likely N-dealkylation sites (N-methyl/N-ethyl adjacent to an activating group) is 1. The van der Waals surface area contributed by atoms with Crippen molar-refractivity contribution in [2.24, 2.45) is 11.8 Å². The summed E-state index contributed by atoms with van der Waals surface area (Å²) in [4.78, 5) is 31.4. The third-order valence-electron chi connectivity index (χ3n) is 9.44. The summed E-state index contributed by atoms with van der Waals surface area (Å²) in [6.07, 6.45) is 9.08. The van der Waals surface area contributed by atoms with E-state index in [1.807, 2.05) is 13.8 Å². The zero-order valence-electron chi connectivity index (χ0n) is 29.0. The van der Waals surface area contributed by atoms with Crippen LogP contribution < -0.4 is 20.1 Å². The molecule has 3 N–H and O–H groups in total. The van der Waals surface area contributed by atoms with Crippen molar-refractivity contribution >= 4 is 23.3 Å². The fourth-order valence-corrected chi connectivity index (χ4v) is 6.62. The van der Waals surface area contributed by atoms with E-state index in [2.05, 4.69) is 29.5 Å². The van der Waals surface area contributed by atoms with Crippen molar-refractivity contribution < 1.29 is 28.9 Å². The number of rotatable bonds is 9. The van der Waals surface area contributed by atoms with Crippen LogP contribution in [-0.2, 0) is 4.74 Å². The molecule has 260 valence electrons. The molecule has 1 heterocycles. The highest BCUT2D eigenvalue weighted by atomic mass is 16.5. The van der Waals surface area contributed by atoms with Crippen molar-refractivity contribution in [2.45, 2.75) is 90.4 Å². The number of nitrogens with zero attached hydrogens (tertiary/aromatic N) is 2. The van der Waals surface area contributed by atoms with E-state index in [-0.39, 0.29) is 30.6 Å². The average Bonchev–Trinajstić information content (AvgIpc) is 3.06. The Morgan fingerprint density at radius 3 is 2.38 bits per heavy atom. The smallest absolute Gasteiger partial charge is 0.323 e. The molecule has 2 aromatic rings. The van der Waals surface area contributed by atoms with Gasteiger partial charge < -0.3 is 39.8 Å². The molecule has 1 aliphatic heterocycles. The van der Waals surface area contributed by atoms with Gasteiger partial charge in [0.25, 0.3) is 5.91 Å². The number of amides is 3. The first-order chi connectivity index (χ1) is 22.7. The van der Waals surface area contributed by atoms with Gasteiger partial charge in [0.1, 0.15) is 11.5 Å². The van der Waals surface area contributed by atoms with Gasteiger partial charge in [-0.1, -0.05) is 26.2 Å². The van der Waals surface area contributed by atoms with Gasteiger partial charge in [0.2, 0.25) is 0 Å². The van der Waals surface area contributed by atoms with Gasteiger partial charge in [-0.2, -0.15) is 0 Å². The summed E-state index contributed by atoms with van der Waals surface area (Å²) in [5.41, 5.74) is 1.40. The van der Waals surface area contributed by atoms with Crippen molar-refractivity contribution in [2.75, 3.05) is 57.6 Å². The molecule has 2 aromatic carbocycles. The maximum atomic E-state index is 14.4. The molecule has 4 rings (SSSR count). The first-order valence-electron chi connectivity index (χ1n) is 17.4. The fourth-order valence-electron chi connectivity index (χ4n) is 6.62. The van der Waals surface area contributed by atoms with Crippen molar-refractivity contribution in [1.82, 2.24) is 9.80 Å². The molecule has 10 heteroatoms. The third-order valence-corrected chi connectivity index (χ3v) is 9.44. The SMILES string of the molecule is COc1ccc(NC(=O)Nc2ccc3c(c2)C(=O)N([C@@H](C)CO)C[C@@H](C)[C@@H](CN(C)CC2CCCCC2)OCCCC[C@H](C)O3)cc1. The van der Waals surface area contributed by atoms with Gasteiger partial charge in [-0.25, -0.2) is 4.79 Å². The predicted octanol–water partition coefficient (Wildman–Crippen LogP) is 6.65. The molecule has 0 radical (unpaired) electrons. The van der Waals surface area contributed by atoms with Crippen molar-refractivity contribution in [3.8, 4) is 11.5 Å². The van der Waals surface area contributed by atoms with Gasteiger partial charge in [-0.15, -0.1) is 0 Å². The van der Waals surface area contributed by atoms with Crippen LogP contribution in [0, 0.1) is 11.8 Å². The van der Waals surface area contributed by atoms with Crippen molar-refractivity contribution in [3.05, 3.63) is 48.0 Å². The Balaban J connectivity index is 1.55. The fraction of sp³-hybridized carbons (Fsp3) is 0.622. The van der Waals surface area contributed by atoms with E-state index in [1.54, 1.807) is 54.5 Å². The van der Waals surface area contributed by atoms with Crippen LogP contribution in [0.3, 0.4) is 0 Å².